The SMILES string of the molecule is CCOc1cc(C=NNC(=O)CNC(=O)c2ccccc2OC)cc(I)c1OCc1ccc(Cl)cc1Cl. The predicted octanol–water partition coefficient (Wildman–Crippen LogP) is 5.46. The zero-order valence-corrected chi connectivity index (χ0v) is 23.7. The zero-order valence-electron chi connectivity index (χ0n) is 20.0. The van der Waals surface area contributed by atoms with E-state index < -0.39 is 11.8 Å². The molecule has 3 rings (SSSR count). The number of ether oxygens (including phenoxy) is 3. The molecular weight excluding hydrogens is 632 g/mol. The van der Waals surface area contributed by atoms with Gasteiger partial charge in [-0.25, -0.2) is 5.43 Å². The molecule has 0 aliphatic rings. The summed E-state index contributed by atoms with van der Waals surface area (Å²) in [5.74, 6) is 0.592. The summed E-state index contributed by atoms with van der Waals surface area (Å²) in [7, 11) is 1.47. The van der Waals surface area contributed by atoms with E-state index in [1.54, 1.807) is 48.5 Å². The summed E-state index contributed by atoms with van der Waals surface area (Å²) in [6, 6.07) is 15.5. The van der Waals surface area contributed by atoms with Gasteiger partial charge in [-0.1, -0.05) is 41.4 Å². The highest BCUT2D eigenvalue weighted by Crippen LogP contribution is 2.35. The molecule has 0 saturated heterocycles. The Hall–Kier alpha value is -3.02. The summed E-state index contributed by atoms with van der Waals surface area (Å²) in [5.41, 5.74) is 4.20. The minimum atomic E-state index is -0.487. The standard InChI is InChI=1S/C26H24Cl2IN3O5/c1-3-36-23-11-16(10-21(29)25(23)37-15-17-8-9-18(27)12-20(17)28)13-31-32-24(33)14-30-26(34)19-6-4-5-7-22(19)35-2/h4-13H,3,14-15H2,1-2H3,(H,30,34)(H,32,33). The van der Waals surface area contributed by atoms with Crippen molar-refractivity contribution >= 4 is 63.8 Å². The van der Waals surface area contributed by atoms with Crippen molar-refractivity contribution in [2.75, 3.05) is 20.3 Å². The van der Waals surface area contributed by atoms with Crippen LogP contribution in [0.3, 0.4) is 0 Å². The van der Waals surface area contributed by atoms with E-state index in [0.29, 0.717) is 45.0 Å². The maximum absolute atomic E-state index is 12.3. The quantitative estimate of drug-likeness (QED) is 0.162. The second kappa shape index (κ2) is 14.1. The molecule has 0 radical (unpaired) electrons. The van der Waals surface area contributed by atoms with Crippen LogP contribution in [0, 0.1) is 3.57 Å². The van der Waals surface area contributed by atoms with Crippen LogP contribution in [0.4, 0.5) is 0 Å². The number of benzene rings is 3. The third-order valence-corrected chi connectivity index (χ3v) is 6.27. The first-order valence-corrected chi connectivity index (χ1v) is 12.9. The molecule has 8 nitrogen and oxygen atoms in total. The minimum Gasteiger partial charge on any atom is -0.496 e. The van der Waals surface area contributed by atoms with Gasteiger partial charge in [0.15, 0.2) is 11.5 Å². The number of amides is 2. The van der Waals surface area contributed by atoms with Crippen LogP contribution in [0.1, 0.15) is 28.4 Å². The molecule has 0 atom stereocenters. The van der Waals surface area contributed by atoms with E-state index in [1.807, 2.05) is 13.0 Å². The molecule has 0 bridgehead atoms. The van der Waals surface area contributed by atoms with Crippen LogP contribution in [0.25, 0.3) is 0 Å². The van der Waals surface area contributed by atoms with Crippen molar-refractivity contribution in [2.24, 2.45) is 5.10 Å². The van der Waals surface area contributed by atoms with Crippen LogP contribution in [0.15, 0.2) is 59.7 Å². The van der Waals surface area contributed by atoms with Crippen LogP contribution < -0.4 is 25.0 Å². The van der Waals surface area contributed by atoms with E-state index in [-0.39, 0.29) is 13.2 Å². The molecule has 2 amide bonds. The minimum absolute atomic E-state index is 0.232. The lowest BCUT2D eigenvalue weighted by Crippen LogP contribution is -2.35. The highest BCUT2D eigenvalue weighted by Gasteiger charge is 2.14. The highest BCUT2D eigenvalue weighted by atomic mass is 127. The maximum atomic E-state index is 12.3. The molecule has 3 aromatic carbocycles. The Morgan fingerprint density at radius 2 is 1.84 bits per heavy atom. The second-order valence-corrected chi connectivity index (χ2v) is 9.47. The average molecular weight is 656 g/mol. The average Bonchev–Trinajstić information content (AvgIpc) is 2.88. The maximum Gasteiger partial charge on any atom is 0.259 e. The molecule has 194 valence electrons. The first-order valence-electron chi connectivity index (χ1n) is 11.1. The monoisotopic (exact) mass is 655 g/mol. The summed E-state index contributed by atoms with van der Waals surface area (Å²) >= 11 is 14.4. The topological polar surface area (TPSA) is 98.2 Å². The van der Waals surface area contributed by atoms with Crippen molar-refractivity contribution in [3.63, 3.8) is 0 Å². The molecule has 0 aliphatic heterocycles. The van der Waals surface area contributed by atoms with Crippen molar-refractivity contribution < 1.29 is 23.8 Å². The van der Waals surface area contributed by atoms with Crippen molar-refractivity contribution in [2.45, 2.75) is 13.5 Å². The number of nitrogens with zero attached hydrogens (tertiary/aromatic N) is 1. The number of para-hydroxylation sites is 1. The van der Waals surface area contributed by atoms with Gasteiger partial charge in [-0.3, -0.25) is 9.59 Å². The Morgan fingerprint density at radius 1 is 1.05 bits per heavy atom. The molecule has 3 aromatic rings. The van der Waals surface area contributed by atoms with E-state index >= 15 is 0 Å². The van der Waals surface area contributed by atoms with Gasteiger partial charge in [-0.05, 0) is 71.5 Å². The normalized spacial score (nSPS) is 10.7. The summed E-state index contributed by atoms with van der Waals surface area (Å²) in [4.78, 5) is 24.5. The Bertz CT molecular complexity index is 1300. The van der Waals surface area contributed by atoms with Crippen molar-refractivity contribution in [1.29, 1.82) is 0 Å². The third-order valence-electron chi connectivity index (χ3n) is 4.88. The van der Waals surface area contributed by atoms with Gasteiger partial charge in [0.1, 0.15) is 12.4 Å². The smallest absolute Gasteiger partial charge is 0.259 e. The van der Waals surface area contributed by atoms with Gasteiger partial charge in [-0.2, -0.15) is 5.10 Å². The van der Waals surface area contributed by atoms with Crippen LogP contribution in [0.2, 0.25) is 10.0 Å². The van der Waals surface area contributed by atoms with Crippen molar-refractivity contribution in [3.05, 3.63) is 84.9 Å². The summed E-state index contributed by atoms with van der Waals surface area (Å²) < 4.78 is 17.7. The zero-order chi connectivity index (χ0) is 26.8. The summed E-state index contributed by atoms with van der Waals surface area (Å²) in [6.45, 7) is 2.27. The van der Waals surface area contributed by atoms with E-state index in [0.717, 1.165) is 9.13 Å². The van der Waals surface area contributed by atoms with E-state index in [9.17, 15) is 9.59 Å². The number of hydrazone groups is 1. The Morgan fingerprint density at radius 3 is 2.57 bits per heavy atom. The fraction of sp³-hybridized carbons (Fsp3) is 0.192. The first kappa shape index (κ1) is 28.5. The van der Waals surface area contributed by atoms with Crippen molar-refractivity contribution in [1.82, 2.24) is 10.7 Å². The number of hydrogen-bond donors (Lipinski definition) is 2. The number of halogens is 3. The van der Waals surface area contributed by atoms with Crippen LogP contribution in [-0.4, -0.2) is 38.3 Å². The first-order chi connectivity index (χ1) is 17.8. The second-order valence-electron chi connectivity index (χ2n) is 7.46. The Balaban J connectivity index is 1.61. The van der Waals surface area contributed by atoms with E-state index in [1.165, 1.54) is 13.3 Å². The van der Waals surface area contributed by atoms with Crippen molar-refractivity contribution in [3.8, 4) is 17.2 Å². The van der Waals surface area contributed by atoms with Crippen LogP contribution in [0.5, 0.6) is 17.2 Å². The largest absolute Gasteiger partial charge is 0.496 e. The summed E-state index contributed by atoms with van der Waals surface area (Å²) in [6.07, 6.45) is 1.48. The number of carbonyl (C=O) groups is 2. The lowest BCUT2D eigenvalue weighted by atomic mass is 10.2. The Kier molecular flexibility index (Phi) is 10.8. The number of hydrogen-bond acceptors (Lipinski definition) is 6. The molecule has 0 fully saturated rings. The lowest BCUT2D eigenvalue weighted by molar-refractivity contribution is -0.120. The molecule has 0 saturated carbocycles. The van der Waals surface area contributed by atoms with Gasteiger partial charge in [0.2, 0.25) is 0 Å². The highest BCUT2D eigenvalue weighted by molar-refractivity contribution is 14.1. The third kappa shape index (κ3) is 8.24. The fourth-order valence-electron chi connectivity index (χ4n) is 3.16. The van der Waals surface area contributed by atoms with Gasteiger partial charge in [-0.15, -0.1) is 0 Å². The molecule has 2 N–H and O–H groups in total. The van der Waals surface area contributed by atoms with E-state index in [4.69, 9.17) is 37.4 Å². The number of rotatable bonds is 11. The van der Waals surface area contributed by atoms with Gasteiger partial charge >= 0.3 is 0 Å². The molecule has 11 heteroatoms. The fourth-order valence-corrected chi connectivity index (χ4v) is 4.40. The molecule has 0 spiro atoms. The predicted molar refractivity (Wildman–Crippen MR) is 152 cm³/mol. The van der Waals surface area contributed by atoms with Gasteiger partial charge in [0, 0.05) is 15.6 Å². The number of methoxy groups -OCH3 is 1. The molecule has 0 heterocycles. The lowest BCUT2D eigenvalue weighted by Gasteiger charge is -2.15. The molecular formula is C26H24Cl2IN3O5. The molecule has 37 heavy (non-hydrogen) atoms. The van der Waals surface area contributed by atoms with Gasteiger partial charge < -0.3 is 19.5 Å². The Labute approximate surface area is 238 Å². The number of carbonyl (C=O) groups excluding carboxylic acids is 2. The van der Waals surface area contributed by atoms with Crippen LogP contribution in [-0.2, 0) is 11.4 Å². The molecule has 0 aliphatic carbocycles. The van der Waals surface area contributed by atoms with Crippen LogP contribution >= 0.6 is 45.8 Å². The summed E-state index contributed by atoms with van der Waals surface area (Å²) in [5, 5.41) is 7.58. The van der Waals surface area contributed by atoms with Gasteiger partial charge in [0.05, 0.1) is 35.6 Å². The number of nitrogens with one attached hydrogen (secondary N) is 2. The molecule has 0 unspecified atom stereocenters. The van der Waals surface area contributed by atoms with Gasteiger partial charge in [0.25, 0.3) is 11.8 Å². The van der Waals surface area contributed by atoms with E-state index in [2.05, 4.69) is 38.4 Å². The molecule has 0 aromatic heterocycles.